The van der Waals surface area contributed by atoms with Crippen molar-refractivity contribution in [3.05, 3.63) is 81.7 Å². The number of fused-ring (bicyclic) bond motifs is 1. The minimum absolute atomic E-state index is 0.0573. The van der Waals surface area contributed by atoms with Crippen molar-refractivity contribution in [2.45, 2.75) is 12.5 Å². The van der Waals surface area contributed by atoms with E-state index in [1.165, 1.54) is 0 Å². The van der Waals surface area contributed by atoms with Crippen molar-refractivity contribution in [1.82, 2.24) is 10.6 Å². The Kier molecular flexibility index (Phi) is 7.60. The number of hydrogen-bond donors (Lipinski definition) is 6. The van der Waals surface area contributed by atoms with Gasteiger partial charge in [-0.05, 0) is 54.9 Å². The molecule has 1 atom stereocenters. The molecule has 1 aliphatic heterocycles. The van der Waals surface area contributed by atoms with E-state index in [9.17, 15) is 29.1 Å². The summed E-state index contributed by atoms with van der Waals surface area (Å²) in [6, 6.07) is 14.7. The van der Waals surface area contributed by atoms with E-state index < -0.39 is 23.9 Å². The summed E-state index contributed by atoms with van der Waals surface area (Å²) in [4.78, 5) is 60.0. The fourth-order valence-electron chi connectivity index (χ4n) is 3.91. The molecule has 0 aliphatic carbocycles. The van der Waals surface area contributed by atoms with Crippen LogP contribution in [0.15, 0.2) is 54.6 Å². The van der Waals surface area contributed by atoms with Gasteiger partial charge >= 0.3 is 17.8 Å². The fraction of sp³-hybridized carbons (Fsp3) is 0.160. The topological polar surface area (TPSA) is 174 Å². The number of benzene rings is 2. The molecule has 190 valence electrons. The maximum absolute atomic E-state index is 12.7. The molecule has 3 aromatic rings. The maximum atomic E-state index is 12.7. The van der Waals surface area contributed by atoms with Crippen LogP contribution in [0, 0.1) is 0 Å². The molecule has 1 aliphatic rings. The summed E-state index contributed by atoms with van der Waals surface area (Å²) in [7, 11) is 0. The van der Waals surface area contributed by atoms with Crippen LogP contribution in [0.2, 0.25) is 0 Å². The Morgan fingerprint density at radius 3 is 2.22 bits per heavy atom. The number of hydrogen-bond acceptors (Lipinski definition) is 7. The lowest BCUT2D eigenvalue weighted by molar-refractivity contribution is -0.147. The van der Waals surface area contributed by atoms with E-state index in [1.807, 2.05) is 6.07 Å². The van der Waals surface area contributed by atoms with E-state index >= 15 is 0 Å². The van der Waals surface area contributed by atoms with Gasteiger partial charge in [0.15, 0.2) is 0 Å². The van der Waals surface area contributed by atoms with Crippen LogP contribution >= 0.6 is 11.3 Å². The van der Waals surface area contributed by atoms with Crippen LogP contribution in [-0.4, -0.2) is 53.0 Å². The smallest absolute Gasteiger partial charge is 0.394 e. The number of aromatic carboxylic acids is 1. The normalized spacial score (nSPS) is 14.2. The molecule has 0 fully saturated rings. The highest BCUT2D eigenvalue weighted by Gasteiger charge is 2.31. The molecule has 12 heteroatoms. The number of aliphatic carboxylic acids is 1. The van der Waals surface area contributed by atoms with Gasteiger partial charge in [-0.3, -0.25) is 14.4 Å². The van der Waals surface area contributed by atoms with Gasteiger partial charge in [0.2, 0.25) is 0 Å². The van der Waals surface area contributed by atoms with Crippen LogP contribution in [0.5, 0.6) is 0 Å². The summed E-state index contributed by atoms with van der Waals surface area (Å²) in [6.07, 6.45) is 0.372. The van der Waals surface area contributed by atoms with Crippen LogP contribution in [0.4, 0.5) is 10.7 Å². The van der Waals surface area contributed by atoms with Crippen molar-refractivity contribution in [2.24, 2.45) is 0 Å². The van der Waals surface area contributed by atoms with Gasteiger partial charge in [-0.2, -0.15) is 0 Å². The lowest BCUT2D eigenvalue weighted by Crippen LogP contribution is -2.38. The van der Waals surface area contributed by atoms with E-state index in [0.717, 1.165) is 11.3 Å². The quantitative estimate of drug-likeness (QED) is 0.256. The molecule has 11 nitrogen and oxygen atoms in total. The number of amides is 3. The van der Waals surface area contributed by atoms with Crippen molar-refractivity contribution in [1.29, 1.82) is 0 Å². The third kappa shape index (κ3) is 5.82. The number of carbonyl (C=O) groups is 5. The second-order valence-electron chi connectivity index (χ2n) is 8.08. The van der Waals surface area contributed by atoms with E-state index in [-0.39, 0.29) is 28.9 Å². The first-order chi connectivity index (χ1) is 17.7. The zero-order valence-corrected chi connectivity index (χ0v) is 20.1. The molecular formula is C25H22N4O7S. The van der Waals surface area contributed by atoms with Gasteiger partial charge in [0.25, 0.3) is 11.8 Å². The summed E-state index contributed by atoms with van der Waals surface area (Å²) in [5.41, 5.74) is 1.75. The van der Waals surface area contributed by atoms with Crippen molar-refractivity contribution in [3.63, 3.8) is 0 Å². The number of carboxylic acid groups (broad SMARTS) is 2. The molecule has 4 rings (SSSR count). The molecule has 0 bridgehead atoms. The first-order valence-electron chi connectivity index (χ1n) is 11.2. The minimum Gasteiger partial charge on any atom is -0.478 e. The standard InChI is InChI=1S/C25H22N4O7S/c30-20(14-6-8-15(9-7-14)28-21(31)13-4-2-1-3-5-13)27-12-17-19-16(10-11-26-17)18(24(33)34)23(37-19)29-22(32)25(35)36/h1-9,17,26H,10-12H2,(H,27,30)(H,28,31)(H,29,32)(H,33,34)(H,35,36). The predicted molar refractivity (Wildman–Crippen MR) is 135 cm³/mol. The summed E-state index contributed by atoms with van der Waals surface area (Å²) in [5, 5.41) is 29.4. The van der Waals surface area contributed by atoms with Gasteiger partial charge in [-0.15, -0.1) is 11.3 Å². The number of carbonyl (C=O) groups excluding carboxylic acids is 3. The number of anilines is 2. The number of thiophene rings is 1. The molecule has 1 unspecified atom stereocenters. The van der Waals surface area contributed by atoms with Crippen molar-refractivity contribution in [3.8, 4) is 0 Å². The molecule has 0 radical (unpaired) electrons. The highest BCUT2D eigenvalue weighted by Crippen LogP contribution is 2.39. The van der Waals surface area contributed by atoms with Crippen molar-refractivity contribution in [2.75, 3.05) is 23.7 Å². The monoisotopic (exact) mass is 522 g/mol. The van der Waals surface area contributed by atoms with Gasteiger partial charge in [0.05, 0.1) is 11.6 Å². The zero-order chi connectivity index (χ0) is 26.5. The third-order valence-electron chi connectivity index (χ3n) is 5.66. The highest BCUT2D eigenvalue weighted by atomic mass is 32.1. The molecule has 2 aromatic carbocycles. The molecular weight excluding hydrogens is 500 g/mol. The molecule has 0 saturated carbocycles. The SMILES string of the molecule is O=C(O)C(=O)Nc1sc2c(c1C(=O)O)CCNC2CNC(=O)c1ccc(NC(=O)c2ccccc2)cc1. The second-order valence-corrected chi connectivity index (χ2v) is 9.13. The average Bonchev–Trinajstić information content (AvgIpc) is 3.26. The van der Waals surface area contributed by atoms with Gasteiger partial charge in [-0.25, -0.2) is 9.59 Å². The van der Waals surface area contributed by atoms with Gasteiger partial charge < -0.3 is 31.5 Å². The summed E-state index contributed by atoms with van der Waals surface area (Å²) >= 11 is 0.967. The predicted octanol–water partition coefficient (Wildman–Crippen LogP) is 2.34. The third-order valence-corrected chi connectivity index (χ3v) is 6.92. The van der Waals surface area contributed by atoms with Crippen LogP contribution < -0.4 is 21.3 Å². The molecule has 2 heterocycles. The Balaban J connectivity index is 1.42. The van der Waals surface area contributed by atoms with E-state index in [2.05, 4.69) is 21.3 Å². The van der Waals surface area contributed by atoms with Crippen molar-refractivity contribution >= 4 is 51.7 Å². The first-order valence-corrected chi connectivity index (χ1v) is 12.0. The fourth-order valence-corrected chi connectivity index (χ4v) is 5.22. The minimum atomic E-state index is -1.73. The summed E-state index contributed by atoms with van der Waals surface area (Å²) in [6.45, 7) is 0.566. The Bertz CT molecular complexity index is 1370. The van der Waals surface area contributed by atoms with E-state index in [0.29, 0.717) is 40.2 Å². The Hall–Kier alpha value is -4.55. The summed E-state index contributed by atoms with van der Waals surface area (Å²) < 4.78 is 0. The van der Waals surface area contributed by atoms with Crippen LogP contribution in [-0.2, 0) is 16.0 Å². The van der Waals surface area contributed by atoms with Crippen LogP contribution in [0.25, 0.3) is 0 Å². The van der Waals surface area contributed by atoms with Crippen LogP contribution in [0.1, 0.15) is 47.6 Å². The van der Waals surface area contributed by atoms with Gasteiger partial charge in [-0.1, -0.05) is 18.2 Å². The first kappa shape index (κ1) is 25.5. The molecule has 37 heavy (non-hydrogen) atoms. The Morgan fingerprint density at radius 2 is 1.57 bits per heavy atom. The zero-order valence-electron chi connectivity index (χ0n) is 19.2. The molecule has 0 spiro atoms. The average molecular weight is 523 g/mol. The molecule has 6 N–H and O–H groups in total. The molecule has 1 aromatic heterocycles. The van der Waals surface area contributed by atoms with Gasteiger partial charge in [0.1, 0.15) is 5.00 Å². The van der Waals surface area contributed by atoms with E-state index in [1.54, 1.807) is 48.5 Å². The van der Waals surface area contributed by atoms with E-state index in [4.69, 9.17) is 5.11 Å². The largest absolute Gasteiger partial charge is 0.478 e. The number of carboxylic acids is 2. The second kappa shape index (κ2) is 11.0. The van der Waals surface area contributed by atoms with Crippen molar-refractivity contribution < 1.29 is 34.2 Å². The summed E-state index contributed by atoms with van der Waals surface area (Å²) in [5.74, 6) is -4.98. The van der Waals surface area contributed by atoms with Crippen LogP contribution in [0.3, 0.4) is 0 Å². The number of nitrogens with one attached hydrogen (secondary N) is 4. The van der Waals surface area contributed by atoms with Gasteiger partial charge in [0, 0.05) is 28.2 Å². The molecule has 3 amide bonds. The maximum Gasteiger partial charge on any atom is 0.394 e. The highest BCUT2D eigenvalue weighted by molar-refractivity contribution is 7.17. The lowest BCUT2D eigenvalue weighted by Gasteiger charge is -2.24. The molecule has 0 saturated heterocycles. The lowest BCUT2D eigenvalue weighted by atomic mass is 9.99. The number of rotatable bonds is 7. The Morgan fingerprint density at radius 1 is 0.892 bits per heavy atom. The Labute approximate surface area is 214 Å².